The molecule has 0 bridgehead atoms. The third-order valence-corrected chi connectivity index (χ3v) is 3.80. The number of hydrogen-bond donors (Lipinski definition) is 0. The fraction of sp³-hybridized carbons (Fsp3) is 0.842. The lowest BCUT2D eigenvalue weighted by molar-refractivity contribution is 0.600. The van der Waals surface area contributed by atoms with Crippen molar-refractivity contribution in [2.75, 3.05) is 0 Å². The summed E-state index contributed by atoms with van der Waals surface area (Å²) in [5, 5.41) is 8.42. The van der Waals surface area contributed by atoms with Crippen LogP contribution in [0.2, 0.25) is 0 Å². The third kappa shape index (κ3) is 17.2. The second-order valence-corrected chi connectivity index (χ2v) is 5.85. The lowest BCUT2D eigenvalue weighted by Gasteiger charge is -1.99. The van der Waals surface area contributed by atoms with Gasteiger partial charge in [-0.25, -0.2) is 0 Å². The second kappa shape index (κ2) is 18.2. The van der Waals surface area contributed by atoms with E-state index in [0.29, 0.717) is 0 Å². The molecule has 0 fully saturated rings. The summed E-state index contributed by atoms with van der Waals surface area (Å²) >= 11 is 0. The van der Waals surface area contributed by atoms with E-state index in [9.17, 15) is 0 Å². The fourth-order valence-corrected chi connectivity index (χ4v) is 2.45. The Bertz CT molecular complexity index is 237. The summed E-state index contributed by atoms with van der Waals surface area (Å²) in [6, 6.07) is 2.21. The first-order valence-corrected chi connectivity index (χ1v) is 8.93. The van der Waals surface area contributed by atoms with Crippen LogP contribution in [0.5, 0.6) is 0 Å². The Morgan fingerprint density at radius 3 is 1.60 bits per heavy atom. The summed E-state index contributed by atoms with van der Waals surface area (Å²) < 4.78 is 0. The van der Waals surface area contributed by atoms with Gasteiger partial charge in [-0.3, -0.25) is 0 Å². The largest absolute Gasteiger partial charge is 0.198 e. The highest BCUT2D eigenvalue weighted by Crippen LogP contribution is 2.10. The van der Waals surface area contributed by atoms with Gasteiger partial charge >= 0.3 is 0 Å². The Balaban J connectivity index is 3.03. The molecule has 20 heavy (non-hydrogen) atoms. The number of hydrogen-bond acceptors (Lipinski definition) is 1. The SMILES string of the molecule is CCCCCCCC/C=C/CCCCCCCCC#N. The Labute approximate surface area is 127 Å². The van der Waals surface area contributed by atoms with Crippen LogP contribution in [-0.4, -0.2) is 0 Å². The van der Waals surface area contributed by atoms with E-state index >= 15 is 0 Å². The molecule has 0 unspecified atom stereocenters. The lowest BCUT2D eigenvalue weighted by Crippen LogP contribution is -1.80. The van der Waals surface area contributed by atoms with E-state index in [-0.39, 0.29) is 0 Å². The molecule has 0 aromatic carbocycles. The highest BCUT2D eigenvalue weighted by atomic mass is 14.2. The topological polar surface area (TPSA) is 23.8 Å². The van der Waals surface area contributed by atoms with Gasteiger partial charge in [0, 0.05) is 6.42 Å². The molecule has 0 aliphatic carbocycles. The molecule has 0 aromatic heterocycles. The molecule has 0 aliphatic rings. The average Bonchev–Trinajstić information content (AvgIpc) is 2.47. The zero-order valence-corrected chi connectivity index (χ0v) is 13.7. The van der Waals surface area contributed by atoms with Gasteiger partial charge in [-0.05, 0) is 32.1 Å². The van der Waals surface area contributed by atoms with E-state index in [1.54, 1.807) is 0 Å². The Morgan fingerprint density at radius 1 is 0.650 bits per heavy atom. The molecule has 0 saturated heterocycles. The maximum atomic E-state index is 8.42. The zero-order valence-electron chi connectivity index (χ0n) is 13.7. The van der Waals surface area contributed by atoms with Crippen molar-refractivity contribution >= 4 is 0 Å². The van der Waals surface area contributed by atoms with Gasteiger partial charge in [-0.15, -0.1) is 0 Å². The molecule has 116 valence electrons. The molecular weight excluding hydrogens is 242 g/mol. The standard InChI is InChI=1S/C19H35N/c1-2-3-4-5-6-7-8-9-10-11-12-13-14-15-16-17-18-19-20/h9-10H,2-8,11-18H2,1H3/b10-9+. The molecular formula is C19H35N. The molecule has 0 saturated carbocycles. The van der Waals surface area contributed by atoms with Crippen LogP contribution in [0.25, 0.3) is 0 Å². The third-order valence-electron chi connectivity index (χ3n) is 3.80. The molecule has 0 radical (unpaired) electrons. The minimum atomic E-state index is 0.737. The highest BCUT2D eigenvalue weighted by molar-refractivity contribution is 4.81. The van der Waals surface area contributed by atoms with Gasteiger partial charge in [0.1, 0.15) is 0 Å². The number of unbranched alkanes of at least 4 members (excludes halogenated alkanes) is 13. The minimum absolute atomic E-state index is 0.737. The van der Waals surface area contributed by atoms with Crippen molar-refractivity contribution in [2.45, 2.75) is 103 Å². The van der Waals surface area contributed by atoms with E-state index in [4.69, 9.17) is 5.26 Å². The van der Waals surface area contributed by atoms with Crippen molar-refractivity contribution < 1.29 is 0 Å². The van der Waals surface area contributed by atoms with Gasteiger partial charge in [0.05, 0.1) is 6.07 Å². The van der Waals surface area contributed by atoms with Crippen LogP contribution in [0.1, 0.15) is 103 Å². The molecule has 0 aromatic rings. The van der Waals surface area contributed by atoms with Crippen LogP contribution in [0.15, 0.2) is 12.2 Å². The van der Waals surface area contributed by atoms with Gasteiger partial charge < -0.3 is 0 Å². The predicted molar refractivity (Wildman–Crippen MR) is 89.7 cm³/mol. The molecule has 1 nitrogen and oxygen atoms in total. The van der Waals surface area contributed by atoms with Crippen LogP contribution in [-0.2, 0) is 0 Å². The predicted octanol–water partition coefficient (Wildman–Crippen LogP) is 6.94. The molecule has 0 N–H and O–H groups in total. The highest BCUT2D eigenvalue weighted by Gasteiger charge is 1.91. The Hall–Kier alpha value is -0.770. The monoisotopic (exact) mass is 277 g/mol. The zero-order chi connectivity index (χ0) is 14.7. The molecule has 0 heterocycles. The lowest BCUT2D eigenvalue weighted by atomic mass is 10.1. The van der Waals surface area contributed by atoms with Crippen LogP contribution < -0.4 is 0 Å². The summed E-state index contributed by atoms with van der Waals surface area (Å²) in [6.07, 6.45) is 24.1. The van der Waals surface area contributed by atoms with E-state index in [0.717, 1.165) is 12.8 Å². The van der Waals surface area contributed by atoms with Gasteiger partial charge in [0.2, 0.25) is 0 Å². The van der Waals surface area contributed by atoms with Crippen molar-refractivity contribution in [1.82, 2.24) is 0 Å². The molecule has 0 atom stereocenters. The van der Waals surface area contributed by atoms with Crippen molar-refractivity contribution in [2.24, 2.45) is 0 Å². The summed E-state index contributed by atoms with van der Waals surface area (Å²) in [6.45, 7) is 2.27. The van der Waals surface area contributed by atoms with Crippen molar-refractivity contribution in [1.29, 1.82) is 5.26 Å². The molecule has 1 heteroatoms. The van der Waals surface area contributed by atoms with Crippen molar-refractivity contribution in [3.05, 3.63) is 12.2 Å². The summed E-state index contributed by atoms with van der Waals surface area (Å²) in [7, 11) is 0. The van der Waals surface area contributed by atoms with Crippen LogP contribution in [0.3, 0.4) is 0 Å². The minimum Gasteiger partial charge on any atom is -0.198 e. The van der Waals surface area contributed by atoms with E-state index in [1.807, 2.05) is 0 Å². The molecule has 0 aliphatic heterocycles. The number of rotatable bonds is 15. The first kappa shape index (κ1) is 19.2. The number of nitriles is 1. The number of allylic oxidation sites excluding steroid dienone is 2. The van der Waals surface area contributed by atoms with Crippen molar-refractivity contribution in [3.63, 3.8) is 0 Å². The molecule has 0 rings (SSSR count). The quantitative estimate of drug-likeness (QED) is 0.235. The Morgan fingerprint density at radius 2 is 1.10 bits per heavy atom. The average molecular weight is 277 g/mol. The fourth-order valence-electron chi connectivity index (χ4n) is 2.45. The van der Waals surface area contributed by atoms with Crippen LogP contribution in [0.4, 0.5) is 0 Å². The van der Waals surface area contributed by atoms with Gasteiger partial charge in [0.25, 0.3) is 0 Å². The van der Waals surface area contributed by atoms with Crippen LogP contribution >= 0.6 is 0 Å². The maximum absolute atomic E-state index is 8.42. The van der Waals surface area contributed by atoms with Gasteiger partial charge in [-0.1, -0.05) is 76.9 Å². The van der Waals surface area contributed by atoms with Crippen molar-refractivity contribution in [3.8, 4) is 6.07 Å². The molecule has 0 amide bonds. The smallest absolute Gasteiger partial charge is 0.0621 e. The van der Waals surface area contributed by atoms with E-state index in [1.165, 1.54) is 83.5 Å². The summed E-state index contributed by atoms with van der Waals surface area (Å²) in [5.74, 6) is 0. The Kier molecular flexibility index (Phi) is 17.5. The summed E-state index contributed by atoms with van der Waals surface area (Å²) in [5.41, 5.74) is 0. The second-order valence-electron chi connectivity index (χ2n) is 5.85. The summed E-state index contributed by atoms with van der Waals surface area (Å²) in [4.78, 5) is 0. The van der Waals surface area contributed by atoms with Gasteiger partial charge in [0.15, 0.2) is 0 Å². The first-order valence-electron chi connectivity index (χ1n) is 8.93. The van der Waals surface area contributed by atoms with Crippen LogP contribution in [0, 0.1) is 11.3 Å². The maximum Gasteiger partial charge on any atom is 0.0621 e. The van der Waals surface area contributed by atoms with E-state index in [2.05, 4.69) is 25.1 Å². The number of nitrogens with zero attached hydrogens (tertiary/aromatic N) is 1. The first-order chi connectivity index (χ1) is 9.91. The molecule has 0 spiro atoms. The normalized spacial score (nSPS) is 11.0. The van der Waals surface area contributed by atoms with Gasteiger partial charge in [-0.2, -0.15) is 5.26 Å². The van der Waals surface area contributed by atoms with E-state index < -0.39 is 0 Å².